The highest BCUT2D eigenvalue weighted by Gasteiger charge is 2.06. The molecule has 0 atom stereocenters. The summed E-state index contributed by atoms with van der Waals surface area (Å²) < 4.78 is 1.94. The van der Waals surface area contributed by atoms with Crippen molar-refractivity contribution in [3.8, 4) is 0 Å². The van der Waals surface area contributed by atoms with E-state index in [2.05, 4.69) is 37.2 Å². The lowest BCUT2D eigenvalue weighted by molar-refractivity contribution is -0.114. The van der Waals surface area contributed by atoms with Gasteiger partial charge in [-0.1, -0.05) is 15.9 Å². The summed E-state index contributed by atoms with van der Waals surface area (Å²) in [7, 11) is 0. The van der Waals surface area contributed by atoms with E-state index in [0.717, 1.165) is 20.2 Å². The summed E-state index contributed by atoms with van der Waals surface area (Å²) in [5, 5.41) is 2.73. The van der Waals surface area contributed by atoms with Gasteiger partial charge in [-0.2, -0.15) is 0 Å². The molecule has 0 saturated carbocycles. The van der Waals surface area contributed by atoms with Gasteiger partial charge < -0.3 is 5.32 Å². The van der Waals surface area contributed by atoms with Gasteiger partial charge in [-0.15, -0.1) is 0 Å². The molecule has 0 heterocycles. The van der Waals surface area contributed by atoms with Gasteiger partial charge in [0.1, 0.15) is 0 Å². The molecule has 1 rings (SSSR count). The number of hydrogen-bond donors (Lipinski definition) is 1. The number of carbonyl (C=O) groups is 1. The van der Waals surface area contributed by atoms with Crippen molar-refractivity contribution in [3.63, 3.8) is 0 Å². The minimum atomic E-state index is -0.0672. The average molecular weight is 307 g/mol. The van der Waals surface area contributed by atoms with Crippen LogP contribution in [-0.4, -0.2) is 5.91 Å². The third kappa shape index (κ3) is 2.54. The number of halogens is 2. The molecule has 0 aliphatic heterocycles. The number of benzene rings is 1. The Morgan fingerprint density at radius 1 is 1.38 bits per heavy atom. The molecule has 1 aromatic carbocycles. The predicted molar refractivity (Wildman–Crippen MR) is 60.9 cm³/mol. The van der Waals surface area contributed by atoms with Crippen LogP contribution in [0.5, 0.6) is 0 Å². The van der Waals surface area contributed by atoms with Crippen molar-refractivity contribution in [1.82, 2.24) is 0 Å². The lowest BCUT2D eigenvalue weighted by Gasteiger charge is -2.08. The van der Waals surface area contributed by atoms with Crippen molar-refractivity contribution in [2.75, 3.05) is 5.32 Å². The molecule has 1 N–H and O–H groups in total. The molecule has 2 nitrogen and oxygen atoms in total. The molecular weight excluding hydrogens is 298 g/mol. The number of nitrogens with one attached hydrogen (secondary N) is 1. The Hall–Kier alpha value is -0.350. The Labute approximate surface area is 94.0 Å². The minimum absolute atomic E-state index is 0.0672. The normalized spacial score (nSPS) is 9.85. The Bertz CT molecular complexity index is 350. The van der Waals surface area contributed by atoms with E-state index in [1.165, 1.54) is 6.92 Å². The molecule has 0 radical (unpaired) electrons. The quantitative estimate of drug-likeness (QED) is 0.845. The molecule has 13 heavy (non-hydrogen) atoms. The minimum Gasteiger partial charge on any atom is -0.325 e. The monoisotopic (exact) mass is 305 g/mol. The summed E-state index contributed by atoms with van der Waals surface area (Å²) >= 11 is 6.82. The third-order valence-electron chi connectivity index (χ3n) is 1.63. The molecule has 0 bridgehead atoms. The summed E-state index contributed by atoms with van der Waals surface area (Å²) in [4.78, 5) is 10.8. The maximum atomic E-state index is 10.8. The molecule has 0 aliphatic rings. The Balaban J connectivity index is 3.10. The van der Waals surface area contributed by atoms with E-state index >= 15 is 0 Å². The fraction of sp³-hybridized carbons (Fsp3) is 0.222. The van der Waals surface area contributed by atoms with Crippen molar-refractivity contribution in [2.24, 2.45) is 0 Å². The second-order valence-electron chi connectivity index (χ2n) is 2.72. The van der Waals surface area contributed by atoms with Crippen LogP contribution >= 0.6 is 31.9 Å². The van der Waals surface area contributed by atoms with Crippen LogP contribution in [0.15, 0.2) is 21.1 Å². The van der Waals surface area contributed by atoms with Crippen molar-refractivity contribution in [1.29, 1.82) is 0 Å². The Kier molecular flexibility index (Phi) is 3.50. The standard InChI is InChI=1S/C9H9Br2NO/c1-5-7(10)3-4-8(9(5)11)12-6(2)13/h3-4H,1-2H3,(H,12,13). The highest BCUT2D eigenvalue weighted by molar-refractivity contribution is 9.11. The molecule has 0 aliphatic carbocycles. The van der Waals surface area contributed by atoms with Gasteiger partial charge in [0, 0.05) is 15.9 Å². The van der Waals surface area contributed by atoms with Gasteiger partial charge in [-0.05, 0) is 40.5 Å². The molecule has 0 saturated heterocycles. The first-order chi connectivity index (χ1) is 6.02. The van der Waals surface area contributed by atoms with Crippen molar-refractivity contribution >= 4 is 43.5 Å². The number of carbonyl (C=O) groups excluding carboxylic acids is 1. The molecule has 1 aromatic rings. The largest absolute Gasteiger partial charge is 0.325 e. The smallest absolute Gasteiger partial charge is 0.221 e. The predicted octanol–water partition coefficient (Wildman–Crippen LogP) is 3.48. The molecule has 1 amide bonds. The number of anilines is 1. The van der Waals surface area contributed by atoms with Crippen molar-refractivity contribution < 1.29 is 4.79 Å². The summed E-state index contributed by atoms with van der Waals surface area (Å²) in [6, 6.07) is 3.76. The van der Waals surface area contributed by atoms with E-state index in [1.54, 1.807) is 0 Å². The molecule has 70 valence electrons. The van der Waals surface area contributed by atoms with Gasteiger partial charge in [0.15, 0.2) is 0 Å². The first kappa shape index (κ1) is 10.7. The zero-order valence-corrected chi connectivity index (χ0v) is 10.5. The number of hydrogen-bond acceptors (Lipinski definition) is 1. The number of rotatable bonds is 1. The van der Waals surface area contributed by atoms with Gasteiger partial charge in [-0.3, -0.25) is 4.79 Å². The SMILES string of the molecule is CC(=O)Nc1ccc(Br)c(C)c1Br. The molecule has 0 unspecified atom stereocenters. The van der Waals surface area contributed by atoms with Gasteiger partial charge in [-0.25, -0.2) is 0 Å². The molecule has 0 fully saturated rings. The van der Waals surface area contributed by atoms with Crippen LogP contribution in [0.25, 0.3) is 0 Å². The average Bonchev–Trinajstić information content (AvgIpc) is 2.06. The fourth-order valence-electron chi connectivity index (χ4n) is 0.948. The highest BCUT2D eigenvalue weighted by Crippen LogP contribution is 2.31. The first-order valence-electron chi connectivity index (χ1n) is 3.74. The molecule has 4 heteroatoms. The summed E-state index contributed by atoms with van der Waals surface area (Å²) in [5.74, 6) is -0.0672. The summed E-state index contributed by atoms with van der Waals surface area (Å²) in [5.41, 5.74) is 1.87. The zero-order chi connectivity index (χ0) is 10.0. The number of amides is 1. The maximum absolute atomic E-state index is 10.8. The lowest BCUT2D eigenvalue weighted by Crippen LogP contribution is -2.06. The van der Waals surface area contributed by atoms with Crippen LogP contribution in [0, 0.1) is 6.92 Å². The van der Waals surface area contributed by atoms with Gasteiger partial charge in [0.2, 0.25) is 5.91 Å². The van der Waals surface area contributed by atoms with E-state index in [4.69, 9.17) is 0 Å². The van der Waals surface area contributed by atoms with Crippen LogP contribution in [0.4, 0.5) is 5.69 Å². The molecule has 0 spiro atoms. The van der Waals surface area contributed by atoms with E-state index in [-0.39, 0.29) is 5.91 Å². The second kappa shape index (κ2) is 4.24. The van der Waals surface area contributed by atoms with E-state index in [0.29, 0.717) is 0 Å². The van der Waals surface area contributed by atoms with Gasteiger partial charge in [0.25, 0.3) is 0 Å². The van der Waals surface area contributed by atoms with E-state index in [1.807, 2.05) is 19.1 Å². The first-order valence-corrected chi connectivity index (χ1v) is 5.33. The van der Waals surface area contributed by atoms with Crippen LogP contribution in [0.2, 0.25) is 0 Å². The second-order valence-corrected chi connectivity index (χ2v) is 4.36. The van der Waals surface area contributed by atoms with Gasteiger partial charge in [0.05, 0.1) is 5.69 Å². The van der Waals surface area contributed by atoms with Crippen LogP contribution in [0.1, 0.15) is 12.5 Å². The lowest BCUT2D eigenvalue weighted by atomic mass is 10.2. The molecular formula is C9H9Br2NO. The molecule has 0 aromatic heterocycles. The fourth-order valence-corrected chi connectivity index (χ4v) is 1.99. The maximum Gasteiger partial charge on any atom is 0.221 e. The Morgan fingerprint density at radius 3 is 2.54 bits per heavy atom. The summed E-state index contributed by atoms with van der Waals surface area (Å²) in [6.07, 6.45) is 0. The van der Waals surface area contributed by atoms with Crippen molar-refractivity contribution in [3.05, 3.63) is 26.6 Å². The topological polar surface area (TPSA) is 29.1 Å². The zero-order valence-electron chi connectivity index (χ0n) is 7.32. The van der Waals surface area contributed by atoms with Gasteiger partial charge >= 0.3 is 0 Å². The van der Waals surface area contributed by atoms with Crippen LogP contribution in [0.3, 0.4) is 0 Å². The summed E-state index contributed by atoms with van der Waals surface area (Å²) in [6.45, 7) is 3.46. The van der Waals surface area contributed by atoms with Crippen LogP contribution < -0.4 is 5.32 Å². The van der Waals surface area contributed by atoms with E-state index in [9.17, 15) is 4.79 Å². The Morgan fingerprint density at radius 2 is 2.00 bits per heavy atom. The van der Waals surface area contributed by atoms with E-state index < -0.39 is 0 Å². The van der Waals surface area contributed by atoms with Crippen LogP contribution in [-0.2, 0) is 4.79 Å². The third-order valence-corrected chi connectivity index (χ3v) is 3.51. The van der Waals surface area contributed by atoms with Crippen molar-refractivity contribution in [2.45, 2.75) is 13.8 Å². The highest BCUT2D eigenvalue weighted by atomic mass is 79.9.